The molecule has 5 heteroatoms. The Kier molecular flexibility index (Phi) is 5.23. The summed E-state index contributed by atoms with van der Waals surface area (Å²) in [5, 5.41) is 22.4. The Balaban J connectivity index is 1.84. The molecule has 1 heterocycles. The Hall–Kier alpha value is -1.12. The van der Waals surface area contributed by atoms with Crippen molar-refractivity contribution in [2.75, 3.05) is 19.6 Å². The van der Waals surface area contributed by atoms with Gasteiger partial charge >= 0.3 is 0 Å². The second-order valence-electron chi connectivity index (χ2n) is 6.93. The van der Waals surface area contributed by atoms with Crippen LogP contribution in [0.1, 0.15) is 58.3 Å². The van der Waals surface area contributed by atoms with Gasteiger partial charge in [0.2, 0.25) is 5.91 Å². The van der Waals surface area contributed by atoms with Crippen LogP contribution in [-0.2, 0) is 4.79 Å². The molecule has 2 N–H and O–H groups in total. The van der Waals surface area contributed by atoms with Crippen LogP contribution in [0.2, 0.25) is 0 Å². The maximum atomic E-state index is 12.3. The van der Waals surface area contributed by atoms with E-state index in [0.29, 0.717) is 19.4 Å². The molecule has 2 fully saturated rings. The van der Waals surface area contributed by atoms with E-state index in [1.54, 1.807) is 0 Å². The van der Waals surface area contributed by atoms with Gasteiger partial charge in [-0.25, -0.2) is 0 Å². The lowest BCUT2D eigenvalue weighted by molar-refractivity contribution is -0.124. The average molecular weight is 293 g/mol. The number of hydrogen-bond acceptors (Lipinski definition) is 4. The van der Waals surface area contributed by atoms with Gasteiger partial charge in [0, 0.05) is 13.1 Å². The van der Waals surface area contributed by atoms with Crippen LogP contribution in [0, 0.1) is 11.3 Å². The van der Waals surface area contributed by atoms with Gasteiger partial charge in [0.1, 0.15) is 5.54 Å². The van der Waals surface area contributed by atoms with Crippen molar-refractivity contribution >= 4 is 5.91 Å². The molecule has 0 aromatic heterocycles. The first-order valence-corrected chi connectivity index (χ1v) is 8.12. The number of nitrogens with zero attached hydrogens (tertiary/aromatic N) is 2. The first-order chi connectivity index (χ1) is 9.95. The van der Waals surface area contributed by atoms with Crippen LogP contribution in [0.4, 0.5) is 0 Å². The standard InChI is InChI=1S/C16H27N3O2/c1-15(21)8-10-19(11-9-15)12-14(20)18-16(13-17)6-4-2-3-5-7-16/h21H,2-12H2,1H3,(H,18,20). The van der Waals surface area contributed by atoms with Crippen molar-refractivity contribution in [3.63, 3.8) is 0 Å². The lowest BCUT2D eigenvalue weighted by atomic mass is 9.91. The van der Waals surface area contributed by atoms with E-state index in [2.05, 4.69) is 16.3 Å². The summed E-state index contributed by atoms with van der Waals surface area (Å²) in [7, 11) is 0. The van der Waals surface area contributed by atoms with E-state index >= 15 is 0 Å². The number of aliphatic hydroxyl groups is 1. The molecule has 0 bridgehead atoms. The third-order valence-electron chi connectivity index (χ3n) is 4.85. The highest BCUT2D eigenvalue weighted by Crippen LogP contribution is 2.26. The Morgan fingerprint density at radius 2 is 1.76 bits per heavy atom. The largest absolute Gasteiger partial charge is 0.390 e. The number of likely N-dealkylation sites (tertiary alicyclic amines) is 1. The van der Waals surface area contributed by atoms with E-state index in [1.165, 1.54) is 0 Å². The fourth-order valence-electron chi connectivity index (χ4n) is 3.30. The summed E-state index contributed by atoms with van der Waals surface area (Å²) in [5.41, 5.74) is -1.25. The monoisotopic (exact) mass is 293 g/mol. The lowest BCUT2D eigenvalue weighted by Gasteiger charge is -2.36. The van der Waals surface area contributed by atoms with Crippen LogP contribution in [0.5, 0.6) is 0 Å². The summed E-state index contributed by atoms with van der Waals surface area (Å²) in [6.07, 6.45) is 7.27. The molecule has 1 aliphatic heterocycles. The van der Waals surface area contributed by atoms with Gasteiger partial charge in [-0.3, -0.25) is 9.69 Å². The van der Waals surface area contributed by atoms with E-state index in [1.807, 2.05) is 6.92 Å². The fourth-order valence-corrected chi connectivity index (χ4v) is 3.30. The zero-order valence-electron chi connectivity index (χ0n) is 13.0. The highest BCUT2D eigenvalue weighted by atomic mass is 16.3. The van der Waals surface area contributed by atoms with E-state index in [0.717, 1.165) is 51.6 Å². The molecule has 1 aliphatic carbocycles. The zero-order chi connectivity index (χ0) is 15.3. The molecular weight excluding hydrogens is 266 g/mol. The Morgan fingerprint density at radius 3 is 2.29 bits per heavy atom. The average Bonchev–Trinajstić information content (AvgIpc) is 2.67. The quantitative estimate of drug-likeness (QED) is 0.774. The molecule has 1 saturated carbocycles. The van der Waals surface area contributed by atoms with Crippen LogP contribution >= 0.6 is 0 Å². The Morgan fingerprint density at radius 1 is 1.19 bits per heavy atom. The Labute approximate surface area is 127 Å². The van der Waals surface area contributed by atoms with Gasteiger partial charge < -0.3 is 10.4 Å². The molecule has 5 nitrogen and oxygen atoms in total. The molecular formula is C16H27N3O2. The first kappa shape index (κ1) is 16.3. The van der Waals surface area contributed by atoms with Gasteiger partial charge in [-0.15, -0.1) is 0 Å². The number of piperidine rings is 1. The summed E-state index contributed by atoms with van der Waals surface area (Å²) < 4.78 is 0. The van der Waals surface area contributed by atoms with E-state index in [-0.39, 0.29) is 5.91 Å². The summed E-state index contributed by atoms with van der Waals surface area (Å²) in [6.45, 7) is 3.65. The third-order valence-corrected chi connectivity index (χ3v) is 4.85. The number of nitrogens with one attached hydrogen (secondary N) is 1. The molecule has 0 aromatic rings. The van der Waals surface area contributed by atoms with Crippen LogP contribution in [0.15, 0.2) is 0 Å². The number of carbonyl (C=O) groups is 1. The highest BCUT2D eigenvalue weighted by molar-refractivity contribution is 5.79. The molecule has 2 aliphatic rings. The molecule has 0 spiro atoms. The van der Waals surface area contributed by atoms with Crippen molar-refractivity contribution in [2.45, 2.75) is 69.4 Å². The molecule has 21 heavy (non-hydrogen) atoms. The summed E-state index contributed by atoms with van der Waals surface area (Å²) >= 11 is 0. The van der Waals surface area contributed by atoms with E-state index in [4.69, 9.17) is 0 Å². The van der Waals surface area contributed by atoms with Gasteiger partial charge in [0.05, 0.1) is 18.2 Å². The maximum absolute atomic E-state index is 12.3. The minimum absolute atomic E-state index is 0.0556. The van der Waals surface area contributed by atoms with Crippen LogP contribution in [-0.4, -0.2) is 46.7 Å². The number of hydrogen-bond donors (Lipinski definition) is 2. The van der Waals surface area contributed by atoms with Gasteiger partial charge in [-0.1, -0.05) is 25.7 Å². The van der Waals surface area contributed by atoms with Gasteiger partial charge in [0.15, 0.2) is 0 Å². The van der Waals surface area contributed by atoms with Gasteiger partial charge in [-0.2, -0.15) is 5.26 Å². The number of rotatable bonds is 3. The topological polar surface area (TPSA) is 76.4 Å². The predicted molar refractivity (Wildman–Crippen MR) is 80.5 cm³/mol. The zero-order valence-corrected chi connectivity index (χ0v) is 13.0. The number of amides is 1. The van der Waals surface area contributed by atoms with Crippen molar-refractivity contribution in [1.29, 1.82) is 5.26 Å². The predicted octanol–water partition coefficient (Wildman–Crippen LogP) is 1.57. The molecule has 1 amide bonds. The second kappa shape index (κ2) is 6.76. The molecule has 0 radical (unpaired) electrons. The molecule has 118 valence electrons. The second-order valence-corrected chi connectivity index (χ2v) is 6.93. The number of nitriles is 1. The normalized spacial score (nSPS) is 25.6. The number of carbonyl (C=O) groups excluding carboxylic acids is 1. The van der Waals surface area contributed by atoms with E-state index in [9.17, 15) is 15.2 Å². The maximum Gasteiger partial charge on any atom is 0.235 e. The summed E-state index contributed by atoms with van der Waals surface area (Å²) in [4.78, 5) is 14.3. The Bertz CT molecular complexity index is 396. The third kappa shape index (κ3) is 4.69. The van der Waals surface area contributed by atoms with Crippen molar-refractivity contribution in [1.82, 2.24) is 10.2 Å². The van der Waals surface area contributed by atoms with Crippen LogP contribution < -0.4 is 5.32 Å². The minimum atomic E-state index is -0.658. The van der Waals surface area contributed by atoms with Crippen molar-refractivity contribution in [3.05, 3.63) is 0 Å². The minimum Gasteiger partial charge on any atom is -0.390 e. The smallest absolute Gasteiger partial charge is 0.235 e. The van der Waals surface area contributed by atoms with Gasteiger partial charge in [0.25, 0.3) is 0 Å². The van der Waals surface area contributed by atoms with Crippen molar-refractivity contribution in [2.24, 2.45) is 0 Å². The molecule has 0 aromatic carbocycles. The fraction of sp³-hybridized carbons (Fsp3) is 0.875. The molecule has 2 rings (SSSR count). The van der Waals surface area contributed by atoms with Crippen molar-refractivity contribution < 1.29 is 9.90 Å². The molecule has 0 atom stereocenters. The lowest BCUT2D eigenvalue weighted by Crippen LogP contribution is -2.52. The first-order valence-electron chi connectivity index (χ1n) is 8.12. The summed E-state index contributed by atoms with van der Waals surface area (Å²) in [5.74, 6) is -0.0556. The summed E-state index contributed by atoms with van der Waals surface area (Å²) in [6, 6.07) is 2.35. The van der Waals surface area contributed by atoms with Crippen LogP contribution in [0.3, 0.4) is 0 Å². The SMILES string of the molecule is CC1(O)CCN(CC(=O)NC2(C#N)CCCCCC2)CC1. The van der Waals surface area contributed by atoms with E-state index < -0.39 is 11.1 Å². The highest BCUT2D eigenvalue weighted by Gasteiger charge is 2.34. The molecule has 1 saturated heterocycles. The molecule has 0 unspecified atom stereocenters. The van der Waals surface area contributed by atoms with Gasteiger partial charge in [-0.05, 0) is 32.6 Å². The van der Waals surface area contributed by atoms with Crippen molar-refractivity contribution in [3.8, 4) is 6.07 Å². The van der Waals surface area contributed by atoms with Crippen LogP contribution in [0.25, 0.3) is 0 Å².